The average Bonchev–Trinajstić information content (AvgIpc) is 2.88. The van der Waals surface area contributed by atoms with Crippen LogP contribution in [0.4, 0.5) is 11.6 Å². The van der Waals surface area contributed by atoms with Crippen molar-refractivity contribution in [3.05, 3.63) is 76.2 Å². The van der Waals surface area contributed by atoms with Crippen LogP contribution in [0.15, 0.2) is 59.4 Å². The maximum Gasteiger partial charge on any atom is 0.259 e. The molecule has 2 aliphatic rings. The normalized spacial score (nSPS) is 16.9. The van der Waals surface area contributed by atoms with Crippen LogP contribution in [0.25, 0.3) is 0 Å². The summed E-state index contributed by atoms with van der Waals surface area (Å²) in [4.78, 5) is 24.8. The zero-order valence-corrected chi connectivity index (χ0v) is 19.8. The number of benzene rings is 2. The Labute approximate surface area is 200 Å². The number of aryl methyl sites for hydroxylation is 1. The minimum atomic E-state index is 0.0209. The molecule has 0 saturated carbocycles. The molecule has 8 heteroatoms. The molecule has 5 rings (SSSR count). The summed E-state index contributed by atoms with van der Waals surface area (Å²) in [5.41, 5.74) is 2.46. The second-order valence-corrected chi connectivity index (χ2v) is 8.82. The number of hydrogen-bond acceptors (Lipinski definition) is 7. The number of ether oxygens (including phenoxy) is 2. The van der Waals surface area contributed by atoms with Gasteiger partial charge in [-0.15, -0.1) is 0 Å². The van der Waals surface area contributed by atoms with Gasteiger partial charge in [0, 0.05) is 43.1 Å². The summed E-state index contributed by atoms with van der Waals surface area (Å²) >= 11 is 0. The Morgan fingerprint density at radius 3 is 2.29 bits per heavy atom. The van der Waals surface area contributed by atoms with E-state index in [1.165, 1.54) is 0 Å². The van der Waals surface area contributed by atoms with Gasteiger partial charge in [-0.3, -0.25) is 24.1 Å². The van der Waals surface area contributed by atoms with E-state index < -0.39 is 0 Å². The topological polar surface area (TPSA) is 63.1 Å². The molecule has 0 aliphatic carbocycles. The molecule has 0 bridgehead atoms. The Bertz CT molecular complexity index is 1170. The lowest BCUT2D eigenvalue weighted by molar-refractivity contribution is 0.0310. The van der Waals surface area contributed by atoms with Gasteiger partial charge in [-0.2, -0.15) is 0 Å². The first-order valence-corrected chi connectivity index (χ1v) is 11.8. The third kappa shape index (κ3) is 4.84. The number of morpholine rings is 1. The van der Waals surface area contributed by atoms with Gasteiger partial charge in [-0.1, -0.05) is 18.2 Å². The van der Waals surface area contributed by atoms with Crippen molar-refractivity contribution in [2.75, 3.05) is 51.0 Å². The highest BCUT2D eigenvalue weighted by Gasteiger charge is 2.27. The first kappa shape index (κ1) is 22.6. The van der Waals surface area contributed by atoms with Crippen LogP contribution < -0.4 is 15.2 Å². The summed E-state index contributed by atoms with van der Waals surface area (Å²) in [5, 5.41) is 0. The van der Waals surface area contributed by atoms with Crippen molar-refractivity contribution in [2.24, 2.45) is 0 Å². The number of para-hydroxylation sites is 1. The Hall–Kier alpha value is -3.20. The van der Waals surface area contributed by atoms with Gasteiger partial charge < -0.3 is 9.47 Å². The molecule has 0 amide bonds. The molecular weight excluding hydrogens is 430 g/mol. The molecule has 2 aliphatic heterocycles. The van der Waals surface area contributed by atoms with Crippen LogP contribution in [0, 0.1) is 13.8 Å². The van der Waals surface area contributed by atoms with Crippen molar-refractivity contribution in [1.82, 2.24) is 19.4 Å². The average molecular weight is 462 g/mol. The predicted molar refractivity (Wildman–Crippen MR) is 132 cm³/mol. The largest absolute Gasteiger partial charge is 0.457 e. The first-order chi connectivity index (χ1) is 16.6. The molecule has 1 aromatic heterocycles. The minimum Gasteiger partial charge on any atom is -0.457 e. The van der Waals surface area contributed by atoms with Gasteiger partial charge in [0.05, 0.1) is 26.6 Å². The maximum atomic E-state index is 13.1. The molecule has 0 spiro atoms. The number of anilines is 2. The molecule has 1 saturated heterocycles. The molecule has 8 nitrogen and oxygen atoms in total. The molecule has 2 aromatic carbocycles. The van der Waals surface area contributed by atoms with Crippen LogP contribution in [-0.2, 0) is 11.4 Å². The summed E-state index contributed by atoms with van der Waals surface area (Å²) in [7, 11) is 0. The molecule has 0 radical (unpaired) electrons. The predicted octanol–water partition coefficient (Wildman–Crippen LogP) is 3.35. The van der Waals surface area contributed by atoms with E-state index >= 15 is 0 Å². The van der Waals surface area contributed by atoms with Crippen LogP contribution in [0.5, 0.6) is 11.5 Å². The van der Waals surface area contributed by atoms with E-state index in [1.807, 2.05) is 68.4 Å². The third-order valence-electron chi connectivity index (χ3n) is 6.51. The summed E-state index contributed by atoms with van der Waals surface area (Å²) in [6.45, 7) is 10.3. The van der Waals surface area contributed by atoms with E-state index in [4.69, 9.17) is 14.5 Å². The summed E-state index contributed by atoms with van der Waals surface area (Å²) in [5.74, 6) is 2.25. The fourth-order valence-electron chi connectivity index (χ4n) is 4.35. The van der Waals surface area contributed by atoms with E-state index in [2.05, 4.69) is 14.7 Å². The van der Waals surface area contributed by atoms with Crippen molar-refractivity contribution >= 4 is 11.6 Å². The van der Waals surface area contributed by atoms with Crippen LogP contribution >= 0.6 is 0 Å². The molecule has 3 heterocycles. The van der Waals surface area contributed by atoms with E-state index in [0.29, 0.717) is 24.8 Å². The second kappa shape index (κ2) is 9.97. The number of hydrogen-bond donors (Lipinski definition) is 0. The van der Waals surface area contributed by atoms with Crippen molar-refractivity contribution in [2.45, 2.75) is 20.5 Å². The lowest BCUT2D eigenvalue weighted by Gasteiger charge is -2.39. The first-order valence-electron chi connectivity index (χ1n) is 11.8. The standard InChI is InChI=1S/C26H31N5O3/c1-20-21(2)27-26-30(22-8-10-24(11-9-22)34-23-6-4-3-5-7-23)18-29(19-31(26)25(20)32)13-12-28-14-16-33-17-15-28/h3-11H,12-19H2,1-2H3. The zero-order chi connectivity index (χ0) is 23.5. The van der Waals surface area contributed by atoms with Gasteiger partial charge in [0.15, 0.2) is 0 Å². The third-order valence-corrected chi connectivity index (χ3v) is 6.51. The molecule has 34 heavy (non-hydrogen) atoms. The van der Waals surface area contributed by atoms with Gasteiger partial charge in [0.1, 0.15) is 11.5 Å². The van der Waals surface area contributed by atoms with Crippen LogP contribution in [0.3, 0.4) is 0 Å². The van der Waals surface area contributed by atoms with Gasteiger partial charge in [-0.25, -0.2) is 4.98 Å². The molecule has 1 fully saturated rings. The van der Waals surface area contributed by atoms with E-state index in [0.717, 1.165) is 62.3 Å². The Morgan fingerprint density at radius 2 is 1.56 bits per heavy atom. The summed E-state index contributed by atoms with van der Waals surface area (Å²) in [6, 6.07) is 17.7. The lowest BCUT2D eigenvalue weighted by atomic mass is 10.2. The van der Waals surface area contributed by atoms with E-state index in [-0.39, 0.29) is 5.56 Å². The lowest BCUT2D eigenvalue weighted by Crippen LogP contribution is -2.50. The van der Waals surface area contributed by atoms with Crippen LogP contribution in [0.2, 0.25) is 0 Å². The highest BCUT2D eigenvalue weighted by Crippen LogP contribution is 2.30. The van der Waals surface area contributed by atoms with Gasteiger partial charge >= 0.3 is 0 Å². The molecular formula is C26H31N5O3. The fourth-order valence-corrected chi connectivity index (χ4v) is 4.35. The second-order valence-electron chi connectivity index (χ2n) is 8.82. The smallest absolute Gasteiger partial charge is 0.259 e. The quantitative estimate of drug-likeness (QED) is 0.558. The highest BCUT2D eigenvalue weighted by atomic mass is 16.5. The molecule has 0 N–H and O–H groups in total. The minimum absolute atomic E-state index is 0.0209. The zero-order valence-electron chi connectivity index (χ0n) is 19.8. The van der Waals surface area contributed by atoms with Gasteiger partial charge in [0.25, 0.3) is 5.56 Å². The van der Waals surface area contributed by atoms with Crippen molar-refractivity contribution in [3.8, 4) is 11.5 Å². The number of aromatic nitrogens is 2. The molecule has 0 unspecified atom stereocenters. The molecule has 3 aromatic rings. The summed E-state index contributed by atoms with van der Waals surface area (Å²) in [6.07, 6.45) is 0. The molecule has 0 atom stereocenters. The van der Waals surface area contributed by atoms with Gasteiger partial charge in [0.2, 0.25) is 5.95 Å². The van der Waals surface area contributed by atoms with E-state index in [1.54, 1.807) is 4.57 Å². The number of nitrogens with zero attached hydrogens (tertiary/aromatic N) is 5. The number of fused-ring (bicyclic) bond motifs is 1. The van der Waals surface area contributed by atoms with Crippen molar-refractivity contribution in [1.29, 1.82) is 0 Å². The van der Waals surface area contributed by atoms with Crippen LogP contribution in [0.1, 0.15) is 11.3 Å². The van der Waals surface area contributed by atoms with E-state index in [9.17, 15) is 4.79 Å². The Kier molecular flexibility index (Phi) is 6.62. The van der Waals surface area contributed by atoms with Crippen molar-refractivity contribution < 1.29 is 9.47 Å². The maximum absolute atomic E-state index is 13.1. The SMILES string of the molecule is Cc1nc2n(c(=O)c1C)CN(CCN1CCOCC1)CN2c1ccc(Oc2ccccc2)cc1. The van der Waals surface area contributed by atoms with Gasteiger partial charge in [-0.05, 0) is 50.2 Å². The van der Waals surface area contributed by atoms with Crippen molar-refractivity contribution in [3.63, 3.8) is 0 Å². The molecule has 178 valence electrons. The Balaban J connectivity index is 1.40. The summed E-state index contributed by atoms with van der Waals surface area (Å²) < 4.78 is 13.2. The number of rotatable bonds is 6. The Morgan fingerprint density at radius 1 is 0.882 bits per heavy atom. The van der Waals surface area contributed by atoms with Crippen LogP contribution in [-0.4, -0.2) is 65.4 Å². The fraction of sp³-hybridized carbons (Fsp3) is 0.385. The monoisotopic (exact) mass is 461 g/mol. The highest BCUT2D eigenvalue weighted by molar-refractivity contribution is 5.59.